The van der Waals surface area contributed by atoms with Crippen LogP contribution in [-0.2, 0) is 9.53 Å². The lowest BCUT2D eigenvalue weighted by Gasteiger charge is -2.34. The molecular formula is C21H21NO4. The number of nitrogens with zero attached hydrogens (tertiary/aromatic N) is 1. The summed E-state index contributed by atoms with van der Waals surface area (Å²) >= 11 is 0. The Morgan fingerprint density at radius 1 is 1.08 bits per heavy atom. The van der Waals surface area contributed by atoms with Crippen molar-refractivity contribution in [3.8, 4) is 11.1 Å². The molecule has 1 saturated carbocycles. The van der Waals surface area contributed by atoms with E-state index in [0.29, 0.717) is 12.3 Å². The lowest BCUT2D eigenvalue weighted by Crippen LogP contribution is -2.47. The van der Waals surface area contributed by atoms with Gasteiger partial charge in [-0.3, -0.25) is 4.90 Å². The summed E-state index contributed by atoms with van der Waals surface area (Å²) in [5, 5.41) is 9.87. The van der Waals surface area contributed by atoms with Crippen molar-refractivity contribution < 1.29 is 19.4 Å². The van der Waals surface area contributed by atoms with Gasteiger partial charge in [0.05, 0.1) is 13.2 Å². The highest BCUT2D eigenvalue weighted by molar-refractivity contribution is 5.85. The maximum atomic E-state index is 12.7. The molecule has 26 heavy (non-hydrogen) atoms. The summed E-state index contributed by atoms with van der Waals surface area (Å²) < 4.78 is 5.01. The highest BCUT2D eigenvalue weighted by Gasteiger charge is 2.44. The van der Waals surface area contributed by atoms with Gasteiger partial charge in [-0.25, -0.2) is 9.59 Å². The number of carbonyl (C=O) groups is 2. The predicted octanol–water partition coefficient (Wildman–Crippen LogP) is 4.08. The van der Waals surface area contributed by atoms with E-state index in [2.05, 4.69) is 0 Å². The van der Waals surface area contributed by atoms with Crippen molar-refractivity contribution in [3.05, 3.63) is 59.7 Å². The first-order valence-electron chi connectivity index (χ1n) is 8.89. The van der Waals surface area contributed by atoms with Crippen molar-refractivity contribution in [2.75, 3.05) is 7.11 Å². The summed E-state index contributed by atoms with van der Waals surface area (Å²) in [6.45, 7) is 0. The zero-order valence-corrected chi connectivity index (χ0v) is 14.6. The molecule has 0 aliphatic heterocycles. The van der Waals surface area contributed by atoms with Crippen LogP contribution in [0.25, 0.3) is 11.1 Å². The van der Waals surface area contributed by atoms with E-state index in [9.17, 15) is 14.7 Å². The zero-order valence-electron chi connectivity index (χ0n) is 14.6. The molecule has 0 aromatic heterocycles. The molecule has 2 aromatic rings. The van der Waals surface area contributed by atoms with Crippen LogP contribution in [0, 0.1) is 5.92 Å². The minimum Gasteiger partial charge on any atom is -0.480 e. The topological polar surface area (TPSA) is 66.8 Å². The van der Waals surface area contributed by atoms with Crippen molar-refractivity contribution in [1.29, 1.82) is 0 Å². The minimum atomic E-state index is -0.982. The van der Waals surface area contributed by atoms with Gasteiger partial charge in [0.1, 0.15) is 6.04 Å². The van der Waals surface area contributed by atoms with Gasteiger partial charge in [-0.05, 0) is 34.6 Å². The molecule has 0 saturated heterocycles. The fraction of sp³-hybridized carbons (Fsp3) is 0.333. The van der Waals surface area contributed by atoms with Gasteiger partial charge in [0.2, 0.25) is 0 Å². The van der Waals surface area contributed by atoms with Gasteiger partial charge in [0, 0.05) is 0 Å². The van der Waals surface area contributed by atoms with E-state index >= 15 is 0 Å². The average molecular weight is 351 g/mol. The van der Waals surface area contributed by atoms with Crippen LogP contribution >= 0.6 is 0 Å². The molecule has 2 aliphatic carbocycles. The highest BCUT2D eigenvalue weighted by atomic mass is 16.5. The third-order valence-corrected chi connectivity index (χ3v) is 5.34. The Balaban J connectivity index is 1.85. The average Bonchev–Trinajstić information content (AvgIpc) is 3.42. The summed E-state index contributed by atoms with van der Waals surface area (Å²) in [5.74, 6) is -0.612. The second-order valence-electron chi connectivity index (χ2n) is 6.99. The van der Waals surface area contributed by atoms with Gasteiger partial charge in [0.25, 0.3) is 0 Å². The molecule has 0 spiro atoms. The summed E-state index contributed by atoms with van der Waals surface area (Å²) in [6, 6.07) is 14.4. The Morgan fingerprint density at radius 3 is 2.08 bits per heavy atom. The number of ether oxygens (including phenoxy) is 1. The van der Waals surface area contributed by atoms with Crippen molar-refractivity contribution >= 4 is 12.1 Å². The molecule has 5 nitrogen and oxygen atoms in total. The number of hydrogen-bond donors (Lipinski definition) is 1. The minimum absolute atomic E-state index is 0.371. The van der Waals surface area contributed by atoms with E-state index < -0.39 is 24.1 Å². The van der Waals surface area contributed by atoms with Crippen LogP contribution < -0.4 is 0 Å². The normalized spacial score (nSPS) is 16.5. The first-order valence-corrected chi connectivity index (χ1v) is 8.89. The van der Waals surface area contributed by atoms with Gasteiger partial charge >= 0.3 is 12.1 Å². The van der Waals surface area contributed by atoms with Gasteiger partial charge in [-0.15, -0.1) is 0 Å². The Hall–Kier alpha value is -2.82. The number of carbonyl (C=O) groups excluding carboxylic acids is 1. The molecule has 5 heteroatoms. The number of methoxy groups -OCH3 is 1. The molecule has 1 N–H and O–H groups in total. The number of carboxylic acid groups (broad SMARTS) is 1. The molecule has 1 atom stereocenters. The number of fused-ring (bicyclic) bond motifs is 3. The number of rotatable bonds is 5. The van der Waals surface area contributed by atoms with Gasteiger partial charge in [-0.2, -0.15) is 0 Å². The molecule has 0 unspecified atom stereocenters. The fourth-order valence-corrected chi connectivity index (χ4v) is 3.95. The number of hydrogen-bond acceptors (Lipinski definition) is 3. The number of aliphatic carboxylic acids is 1. The molecule has 2 aliphatic rings. The van der Waals surface area contributed by atoms with Crippen LogP contribution in [0.4, 0.5) is 4.79 Å². The third-order valence-electron chi connectivity index (χ3n) is 5.34. The quantitative estimate of drug-likeness (QED) is 0.881. The van der Waals surface area contributed by atoms with E-state index in [4.69, 9.17) is 4.74 Å². The molecule has 0 radical (unpaired) electrons. The van der Waals surface area contributed by atoms with E-state index in [1.165, 1.54) is 12.0 Å². The summed E-state index contributed by atoms with van der Waals surface area (Å²) in [5.41, 5.74) is 3.97. The van der Waals surface area contributed by atoms with Gasteiger partial charge in [0.15, 0.2) is 0 Å². The summed E-state index contributed by atoms with van der Waals surface area (Å²) in [4.78, 5) is 26.2. The van der Waals surface area contributed by atoms with E-state index in [1.807, 2.05) is 48.5 Å². The van der Waals surface area contributed by atoms with Crippen molar-refractivity contribution in [3.63, 3.8) is 0 Å². The summed E-state index contributed by atoms with van der Waals surface area (Å²) in [7, 11) is 1.30. The second kappa shape index (κ2) is 6.48. The van der Waals surface area contributed by atoms with Crippen LogP contribution in [-0.4, -0.2) is 35.2 Å². The second-order valence-corrected chi connectivity index (χ2v) is 6.99. The van der Waals surface area contributed by atoms with Crippen LogP contribution in [0.15, 0.2) is 48.5 Å². The SMILES string of the molecule is COC(=O)N(C1c2ccccc2-c2ccccc21)[C@@H](CC1CC1)C(=O)O. The smallest absolute Gasteiger partial charge is 0.411 e. The Bertz CT molecular complexity index is 813. The number of amides is 1. The molecule has 0 heterocycles. The van der Waals surface area contributed by atoms with Gasteiger partial charge in [-0.1, -0.05) is 61.4 Å². The van der Waals surface area contributed by atoms with Crippen LogP contribution in [0.1, 0.15) is 36.4 Å². The summed E-state index contributed by atoms with van der Waals surface area (Å²) in [6.07, 6.45) is 1.91. The highest BCUT2D eigenvalue weighted by Crippen LogP contribution is 2.48. The van der Waals surface area contributed by atoms with Gasteiger partial charge < -0.3 is 9.84 Å². The molecule has 4 rings (SSSR count). The van der Waals surface area contributed by atoms with Crippen molar-refractivity contribution in [2.24, 2.45) is 5.92 Å². The third kappa shape index (κ3) is 2.73. The maximum Gasteiger partial charge on any atom is 0.411 e. The number of carboxylic acids is 1. The Labute approximate surface area is 152 Å². The first kappa shape index (κ1) is 16.6. The largest absolute Gasteiger partial charge is 0.480 e. The lowest BCUT2D eigenvalue weighted by atomic mass is 9.99. The first-order chi connectivity index (χ1) is 12.6. The fourth-order valence-electron chi connectivity index (χ4n) is 3.95. The van der Waals surface area contributed by atoms with Crippen LogP contribution in [0.3, 0.4) is 0 Å². The van der Waals surface area contributed by atoms with E-state index in [0.717, 1.165) is 35.1 Å². The molecule has 1 fully saturated rings. The standard InChI is InChI=1S/C21H21NO4/c1-26-21(25)22(18(20(23)24)12-13-10-11-13)19-16-8-4-2-6-14(16)15-7-3-5-9-17(15)19/h2-9,13,18-19H,10-12H2,1H3,(H,23,24)/t18-/m0/s1. The maximum absolute atomic E-state index is 12.7. The van der Waals surface area contributed by atoms with Crippen molar-refractivity contribution in [2.45, 2.75) is 31.3 Å². The molecule has 134 valence electrons. The predicted molar refractivity (Wildman–Crippen MR) is 96.7 cm³/mol. The molecule has 0 bridgehead atoms. The zero-order chi connectivity index (χ0) is 18.3. The van der Waals surface area contributed by atoms with E-state index in [1.54, 1.807) is 0 Å². The van der Waals surface area contributed by atoms with Crippen LogP contribution in [0.5, 0.6) is 0 Å². The Morgan fingerprint density at radius 2 is 1.62 bits per heavy atom. The van der Waals surface area contributed by atoms with Crippen LogP contribution in [0.2, 0.25) is 0 Å². The Kier molecular flexibility index (Phi) is 4.15. The molecule has 1 amide bonds. The molecule has 2 aromatic carbocycles. The van der Waals surface area contributed by atoms with E-state index in [-0.39, 0.29) is 0 Å². The van der Waals surface area contributed by atoms with Crippen molar-refractivity contribution in [1.82, 2.24) is 4.90 Å². The monoisotopic (exact) mass is 351 g/mol. The lowest BCUT2D eigenvalue weighted by molar-refractivity contribution is -0.143. The number of benzene rings is 2. The molecular weight excluding hydrogens is 330 g/mol.